The Kier molecular flexibility index (Phi) is 7.92. The van der Waals surface area contributed by atoms with Crippen LogP contribution in [-0.2, 0) is 16.0 Å². The van der Waals surface area contributed by atoms with E-state index in [0.29, 0.717) is 43.9 Å². The van der Waals surface area contributed by atoms with Gasteiger partial charge in [-0.1, -0.05) is 18.2 Å². The Morgan fingerprint density at radius 3 is 2.50 bits per heavy atom. The summed E-state index contributed by atoms with van der Waals surface area (Å²) in [7, 11) is 0. The van der Waals surface area contributed by atoms with Crippen LogP contribution in [0.15, 0.2) is 55.0 Å². The number of piperidine rings is 1. The molecule has 1 aliphatic heterocycles. The van der Waals surface area contributed by atoms with E-state index < -0.39 is 12.0 Å². The molecule has 0 saturated carbocycles. The summed E-state index contributed by atoms with van der Waals surface area (Å²) in [5, 5.41) is 9.89. The van der Waals surface area contributed by atoms with E-state index in [-0.39, 0.29) is 24.9 Å². The van der Waals surface area contributed by atoms with Crippen molar-refractivity contribution in [2.75, 3.05) is 31.2 Å². The molecule has 4 aromatic rings. The topological polar surface area (TPSA) is 102 Å². The molecule has 0 spiro atoms. The van der Waals surface area contributed by atoms with Gasteiger partial charge in [0, 0.05) is 60.5 Å². The lowest BCUT2D eigenvalue weighted by atomic mass is 9.79. The smallest absolute Gasteiger partial charge is 0.387 e. The van der Waals surface area contributed by atoms with Crippen LogP contribution in [0.2, 0.25) is 0 Å². The van der Waals surface area contributed by atoms with Crippen molar-refractivity contribution in [3.8, 4) is 16.9 Å². The largest absolute Gasteiger partial charge is 0.465 e. The highest BCUT2D eigenvalue weighted by atomic mass is 19.3. The fraction of sp³-hybridized carbons (Fsp3) is 0.379. The number of aryl methyl sites for hydroxylation is 1. The van der Waals surface area contributed by atoms with Crippen LogP contribution in [0.3, 0.4) is 0 Å². The molecule has 0 atom stereocenters. The van der Waals surface area contributed by atoms with Gasteiger partial charge in [0.25, 0.3) is 0 Å². The molecular formula is C29H31F2N5O4. The van der Waals surface area contributed by atoms with E-state index in [1.165, 1.54) is 6.07 Å². The third-order valence-electron chi connectivity index (χ3n) is 7.45. The summed E-state index contributed by atoms with van der Waals surface area (Å²) < 4.78 is 37.7. The number of anilines is 1. The summed E-state index contributed by atoms with van der Waals surface area (Å²) in [5.74, 6) is 0.334. The molecular weight excluding hydrogens is 520 g/mol. The van der Waals surface area contributed by atoms with E-state index >= 15 is 0 Å². The molecule has 11 heteroatoms. The molecule has 1 aromatic carbocycles. The van der Waals surface area contributed by atoms with Crippen LogP contribution < -0.4 is 9.64 Å². The van der Waals surface area contributed by atoms with Gasteiger partial charge in [-0.3, -0.25) is 4.79 Å². The number of carbonyl (C=O) groups excluding carboxylic acids is 1. The van der Waals surface area contributed by atoms with Crippen molar-refractivity contribution in [2.24, 2.45) is 5.41 Å². The Labute approximate surface area is 230 Å². The molecule has 1 aliphatic rings. The Bertz CT molecular complexity index is 1480. The predicted molar refractivity (Wildman–Crippen MR) is 144 cm³/mol. The number of rotatable bonds is 9. The molecule has 1 saturated heterocycles. The van der Waals surface area contributed by atoms with Crippen molar-refractivity contribution in [3.63, 3.8) is 0 Å². The fourth-order valence-electron chi connectivity index (χ4n) is 5.12. The number of aromatic nitrogens is 4. The maximum atomic E-state index is 12.9. The zero-order valence-electron chi connectivity index (χ0n) is 22.4. The number of hydrogen-bond donors (Lipinski definition) is 1. The van der Waals surface area contributed by atoms with Gasteiger partial charge in [-0.05, 0) is 44.9 Å². The SMILES string of the molecule is CCOC(=O)C1(CO)CCN(c2ncc(-c3ccc4nc(C)c(Cc5ccccc5OC(F)F)n4c3)cn2)CC1. The molecule has 5 rings (SSSR count). The standard InChI is InChI=1S/C29H31F2N5O4/c1-3-39-26(38)29(18-37)10-12-35(13-11-29)28-32-15-22(16-33-28)21-8-9-25-34-19(2)23(36(25)17-21)14-20-6-4-5-7-24(20)40-27(30)31/h4-9,15-17,27,37H,3,10-14,18H2,1-2H3. The number of nitrogens with zero attached hydrogens (tertiary/aromatic N) is 5. The molecule has 4 heterocycles. The van der Waals surface area contributed by atoms with Crippen molar-refractivity contribution in [3.05, 3.63) is 71.9 Å². The van der Waals surface area contributed by atoms with Crippen LogP contribution in [-0.4, -0.2) is 63.3 Å². The molecule has 0 unspecified atom stereocenters. The number of aliphatic hydroxyl groups is 1. The normalized spacial score (nSPS) is 15.0. The summed E-state index contributed by atoms with van der Waals surface area (Å²) in [6, 6.07) is 10.6. The van der Waals surface area contributed by atoms with E-state index in [0.717, 1.165) is 28.2 Å². The molecule has 0 amide bonds. The quantitative estimate of drug-likeness (QED) is 0.305. The second kappa shape index (κ2) is 11.5. The first-order valence-corrected chi connectivity index (χ1v) is 13.2. The van der Waals surface area contributed by atoms with Gasteiger partial charge >= 0.3 is 12.6 Å². The van der Waals surface area contributed by atoms with E-state index in [4.69, 9.17) is 9.47 Å². The first-order valence-electron chi connectivity index (χ1n) is 13.2. The number of halogens is 2. The molecule has 3 aromatic heterocycles. The van der Waals surface area contributed by atoms with Crippen LogP contribution in [0.5, 0.6) is 5.75 Å². The number of para-hydroxylation sites is 1. The number of alkyl halides is 2. The Hall–Kier alpha value is -4.12. The minimum absolute atomic E-state index is 0.142. The molecule has 0 bridgehead atoms. The zero-order chi connectivity index (χ0) is 28.3. The monoisotopic (exact) mass is 551 g/mol. The Morgan fingerprint density at radius 2 is 1.82 bits per heavy atom. The second-order valence-electron chi connectivity index (χ2n) is 9.87. The van der Waals surface area contributed by atoms with E-state index in [9.17, 15) is 18.7 Å². The van der Waals surface area contributed by atoms with Gasteiger partial charge in [0.1, 0.15) is 11.4 Å². The minimum Gasteiger partial charge on any atom is -0.465 e. The summed E-state index contributed by atoms with van der Waals surface area (Å²) in [5.41, 5.74) is 3.83. The van der Waals surface area contributed by atoms with Crippen molar-refractivity contribution in [1.82, 2.24) is 19.4 Å². The number of ether oxygens (including phenoxy) is 2. The Balaban J connectivity index is 1.35. The zero-order valence-corrected chi connectivity index (χ0v) is 22.4. The van der Waals surface area contributed by atoms with Gasteiger partial charge in [-0.15, -0.1) is 0 Å². The number of hydrogen-bond acceptors (Lipinski definition) is 8. The fourth-order valence-corrected chi connectivity index (χ4v) is 5.12. The average molecular weight is 552 g/mol. The number of esters is 1. The van der Waals surface area contributed by atoms with Gasteiger partial charge in [0.2, 0.25) is 5.95 Å². The molecule has 1 N–H and O–H groups in total. The lowest BCUT2D eigenvalue weighted by Gasteiger charge is -2.38. The van der Waals surface area contributed by atoms with Gasteiger partial charge in [-0.25, -0.2) is 15.0 Å². The molecule has 1 fully saturated rings. The van der Waals surface area contributed by atoms with E-state index in [1.807, 2.05) is 34.6 Å². The second-order valence-corrected chi connectivity index (χ2v) is 9.87. The van der Waals surface area contributed by atoms with Crippen molar-refractivity contribution >= 4 is 17.6 Å². The predicted octanol–water partition coefficient (Wildman–Crippen LogP) is 4.43. The number of aliphatic hydroxyl groups excluding tert-OH is 1. The number of carbonyl (C=O) groups is 1. The van der Waals surface area contributed by atoms with Crippen LogP contribution in [0.4, 0.5) is 14.7 Å². The van der Waals surface area contributed by atoms with Crippen LogP contribution >= 0.6 is 0 Å². The maximum absolute atomic E-state index is 12.9. The summed E-state index contributed by atoms with van der Waals surface area (Å²) in [6.45, 7) is 1.83. The van der Waals surface area contributed by atoms with Crippen molar-refractivity contribution in [1.29, 1.82) is 0 Å². The van der Waals surface area contributed by atoms with Gasteiger partial charge < -0.3 is 23.9 Å². The van der Waals surface area contributed by atoms with Crippen LogP contribution in [0.25, 0.3) is 16.8 Å². The molecule has 40 heavy (non-hydrogen) atoms. The lowest BCUT2D eigenvalue weighted by Crippen LogP contribution is -2.47. The highest BCUT2D eigenvalue weighted by Crippen LogP contribution is 2.34. The van der Waals surface area contributed by atoms with Crippen LogP contribution in [0.1, 0.15) is 36.7 Å². The highest BCUT2D eigenvalue weighted by Gasteiger charge is 2.42. The average Bonchev–Trinajstić information content (AvgIpc) is 3.28. The lowest BCUT2D eigenvalue weighted by molar-refractivity contribution is -0.159. The van der Waals surface area contributed by atoms with E-state index in [1.54, 1.807) is 37.5 Å². The van der Waals surface area contributed by atoms with Crippen LogP contribution in [0, 0.1) is 12.3 Å². The summed E-state index contributed by atoms with van der Waals surface area (Å²) in [6.07, 6.45) is 6.72. The Morgan fingerprint density at radius 1 is 1.10 bits per heavy atom. The van der Waals surface area contributed by atoms with Gasteiger partial charge in [0.05, 0.1) is 24.3 Å². The number of benzene rings is 1. The minimum atomic E-state index is -2.90. The first-order chi connectivity index (χ1) is 19.3. The number of pyridine rings is 1. The molecule has 210 valence electrons. The van der Waals surface area contributed by atoms with Crippen molar-refractivity contribution < 1.29 is 28.2 Å². The third-order valence-corrected chi connectivity index (χ3v) is 7.45. The van der Waals surface area contributed by atoms with E-state index in [2.05, 4.69) is 15.0 Å². The maximum Gasteiger partial charge on any atom is 0.387 e. The number of imidazole rings is 1. The summed E-state index contributed by atoms with van der Waals surface area (Å²) >= 11 is 0. The third kappa shape index (κ3) is 5.46. The molecule has 0 aliphatic carbocycles. The number of fused-ring (bicyclic) bond motifs is 1. The van der Waals surface area contributed by atoms with Gasteiger partial charge in [-0.2, -0.15) is 8.78 Å². The first kappa shape index (κ1) is 27.4. The van der Waals surface area contributed by atoms with Crippen molar-refractivity contribution in [2.45, 2.75) is 39.7 Å². The molecule has 0 radical (unpaired) electrons. The summed E-state index contributed by atoms with van der Waals surface area (Å²) in [4.78, 5) is 28.2. The van der Waals surface area contributed by atoms with Gasteiger partial charge in [0.15, 0.2) is 0 Å². The highest BCUT2D eigenvalue weighted by molar-refractivity contribution is 5.77. The molecule has 9 nitrogen and oxygen atoms in total.